The fourth-order valence-electron chi connectivity index (χ4n) is 2.15. The molecule has 0 aliphatic carbocycles. The second-order valence-corrected chi connectivity index (χ2v) is 7.11. The number of aromatic nitrogens is 1. The maximum Gasteiger partial charge on any atom is 0.265 e. The molecule has 2 unspecified atom stereocenters. The topological polar surface area (TPSA) is 97.3 Å². The summed E-state index contributed by atoms with van der Waals surface area (Å²) in [6.45, 7) is 8.72. The molecule has 0 saturated carbocycles. The Labute approximate surface area is 129 Å². The van der Waals surface area contributed by atoms with Crippen LogP contribution in [0.5, 0.6) is 0 Å². The second-order valence-electron chi connectivity index (χ2n) is 6.14. The highest BCUT2D eigenvalue weighted by atomic mass is 32.1. The molecule has 7 heteroatoms. The minimum absolute atomic E-state index is 0.132. The number of amides is 1. The van der Waals surface area contributed by atoms with Gasteiger partial charge in [-0.25, -0.2) is 4.98 Å². The summed E-state index contributed by atoms with van der Waals surface area (Å²) >= 11 is 1.35. The number of carbonyl (C=O) groups is 1. The van der Waals surface area contributed by atoms with Crippen molar-refractivity contribution in [2.75, 3.05) is 30.3 Å². The normalized spacial score (nSPS) is 20.0. The molecule has 1 saturated heterocycles. The van der Waals surface area contributed by atoms with Gasteiger partial charge in [0.25, 0.3) is 5.91 Å². The zero-order valence-corrected chi connectivity index (χ0v) is 13.7. The summed E-state index contributed by atoms with van der Waals surface area (Å²) in [5.41, 5.74) is 11.8. The molecular weight excluding hydrogens is 286 g/mol. The Morgan fingerprint density at radius 2 is 2.24 bits per heavy atom. The van der Waals surface area contributed by atoms with Crippen LogP contribution in [0.25, 0.3) is 0 Å². The third-order valence-electron chi connectivity index (χ3n) is 4.07. The zero-order valence-electron chi connectivity index (χ0n) is 12.9. The largest absolute Gasteiger partial charge is 0.382 e. The second kappa shape index (κ2) is 6.62. The maximum absolute atomic E-state index is 12.2. The van der Waals surface area contributed by atoms with Crippen molar-refractivity contribution in [3.63, 3.8) is 0 Å². The Balaban J connectivity index is 2.00. The van der Waals surface area contributed by atoms with Crippen LogP contribution >= 0.6 is 11.3 Å². The Morgan fingerprint density at radius 1 is 1.52 bits per heavy atom. The van der Waals surface area contributed by atoms with Crippen molar-refractivity contribution in [2.45, 2.75) is 33.2 Å². The van der Waals surface area contributed by atoms with Crippen LogP contribution in [0.2, 0.25) is 0 Å². The summed E-state index contributed by atoms with van der Waals surface area (Å²) in [6.07, 6.45) is 0.951. The monoisotopic (exact) mass is 311 g/mol. The van der Waals surface area contributed by atoms with Crippen LogP contribution in [-0.2, 0) is 0 Å². The summed E-state index contributed by atoms with van der Waals surface area (Å²) in [5, 5.41) is 3.74. The van der Waals surface area contributed by atoms with E-state index < -0.39 is 0 Å². The minimum Gasteiger partial charge on any atom is -0.382 e. The van der Waals surface area contributed by atoms with Crippen molar-refractivity contribution in [3.8, 4) is 0 Å². The Bertz CT molecular complexity index is 502. The first kappa shape index (κ1) is 16.0. The van der Waals surface area contributed by atoms with E-state index in [1.54, 1.807) is 0 Å². The van der Waals surface area contributed by atoms with E-state index >= 15 is 0 Å². The molecule has 21 heavy (non-hydrogen) atoms. The lowest BCUT2D eigenvalue weighted by Crippen LogP contribution is -2.30. The van der Waals surface area contributed by atoms with E-state index in [2.05, 4.69) is 36.0 Å². The number of hydrogen-bond acceptors (Lipinski definition) is 6. The van der Waals surface area contributed by atoms with E-state index in [9.17, 15) is 4.79 Å². The highest BCUT2D eigenvalue weighted by molar-refractivity contribution is 7.18. The van der Waals surface area contributed by atoms with Gasteiger partial charge in [-0.15, -0.1) is 0 Å². The van der Waals surface area contributed by atoms with Crippen LogP contribution < -0.4 is 21.7 Å². The van der Waals surface area contributed by atoms with Crippen LogP contribution in [0.1, 0.15) is 36.9 Å². The van der Waals surface area contributed by atoms with E-state index in [4.69, 9.17) is 11.5 Å². The molecule has 0 bridgehead atoms. The van der Waals surface area contributed by atoms with Gasteiger partial charge in [0, 0.05) is 25.7 Å². The smallest absolute Gasteiger partial charge is 0.265 e. The van der Waals surface area contributed by atoms with E-state index in [0.29, 0.717) is 29.1 Å². The molecule has 5 N–H and O–H groups in total. The lowest BCUT2D eigenvalue weighted by molar-refractivity contribution is 0.0949. The van der Waals surface area contributed by atoms with Crippen molar-refractivity contribution >= 4 is 28.2 Å². The number of hydrogen-bond donors (Lipinski definition) is 3. The van der Waals surface area contributed by atoms with Gasteiger partial charge in [0.2, 0.25) is 0 Å². The molecule has 6 nitrogen and oxygen atoms in total. The van der Waals surface area contributed by atoms with Crippen LogP contribution in [0, 0.1) is 11.8 Å². The number of carbonyl (C=O) groups excluding carboxylic acids is 1. The fraction of sp³-hybridized carbons (Fsp3) is 0.714. The highest BCUT2D eigenvalue weighted by Gasteiger charge is 2.25. The summed E-state index contributed by atoms with van der Waals surface area (Å²) in [5.74, 6) is 1.14. The van der Waals surface area contributed by atoms with Gasteiger partial charge in [0.05, 0.1) is 0 Å². The van der Waals surface area contributed by atoms with Crippen LogP contribution in [0.4, 0.5) is 10.9 Å². The number of nitrogens with one attached hydrogen (secondary N) is 1. The predicted octanol–water partition coefficient (Wildman–Crippen LogP) is 1.28. The van der Waals surface area contributed by atoms with Gasteiger partial charge in [-0.3, -0.25) is 4.79 Å². The molecular formula is C14H25N5OS. The summed E-state index contributed by atoms with van der Waals surface area (Å²) in [4.78, 5) is 19.1. The van der Waals surface area contributed by atoms with Gasteiger partial charge in [0.15, 0.2) is 5.13 Å². The molecule has 2 rings (SSSR count). The van der Waals surface area contributed by atoms with Crippen molar-refractivity contribution in [1.29, 1.82) is 0 Å². The molecule has 1 fully saturated rings. The summed E-state index contributed by atoms with van der Waals surface area (Å²) < 4.78 is 0. The molecule has 0 aromatic carbocycles. The Kier molecular flexibility index (Phi) is 5.05. The van der Waals surface area contributed by atoms with Gasteiger partial charge < -0.3 is 21.7 Å². The lowest BCUT2D eigenvalue weighted by Gasteiger charge is -2.15. The molecule has 1 amide bonds. The van der Waals surface area contributed by atoms with E-state index in [1.807, 2.05) is 0 Å². The molecule has 1 aliphatic rings. The molecule has 2 heterocycles. The fourth-order valence-corrected chi connectivity index (χ4v) is 3.09. The van der Waals surface area contributed by atoms with Crippen molar-refractivity contribution in [1.82, 2.24) is 10.3 Å². The third kappa shape index (κ3) is 3.85. The van der Waals surface area contributed by atoms with E-state index in [-0.39, 0.29) is 11.9 Å². The number of nitrogens with two attached hydrogens (primary N) is 2. The zero-order chi connectivity index (χ0) is 15.6. The molecule has 118 valence electrons. The Morgan fingerprint density at radius 3 is 2.81 bits per heavy atom. The average molecular weight is 311 g/mol. The maximum atomic E-state index is 12.2. The van der Waals surface area contributed by atoms with E-state index in [0.717, 1.165) is 24.6 Å². The van der Waals surface area contributed by atoms with E-state index in [1.165, 1.54) is 11.3 Å². The molecule has 1 aromatic heterocycles. The first-order chi connectivity index (χ1) is 9.88. The number of rotatable bonds is 5. The first-order valence-corrected chi connectivity index (χ1v) is 8.25. The number of nitrogens with zero attached hydrogens (tertiary/aromatic N) is 2. The molecule has 0 radical (unpaired) electrons. The predicted molar refractivity (Wildman–Crippen MR) is 87.7 cm³/mol. The summed E-state index contributed by atoms with van der Waals surface area (Å²) in [6, 6.07) is 0.180. The Hall–Kier alpha value is -1.34. The number of thiazole rings is 1. The molecule has 0 spiro atoms. The van der Waals surface area contributed by atoms with Gasteiger partial charge in [-0.2, -0.15) is 0 Å². The quantitative estimate of drug-likeness (QED) is 0.761. The van der Waals surface area contributed by atoms with Gasteiger partial charge in [-0.05, 0) is 18.3 Å². The van der Waals surface area contributed by atoms with Gasteiger partial charge in [-0.1, -0.05) is 32.1 Å². The highest BCUT2D eigenvalue weighted by Crippen LogP contribution is 2.30. The van der Waals surface area contributed by atoms with Crippen LogP contribution in [-0.4, -0.2) is 36.6 Å². The number of anilines is 2. The SMILES string of the molecule is CC(C)C(C)CNC(=O)c1sc(N2CCC(N)C2)nc1N. The van der Waals surface area contributed by atoms with Gasteiger partial charge in [0.1, 0.15) is 10.7 Å². The standard InChI is InChI=1S/C14H25N5OS/c1-8(2)9(3)6-17-13(20)11-12(16)18-14(21-11)19-5-4-10(15)7-19/h8-10H,4-7,15-16H2,1-3H3,(H,17,20). The number of nitrogen functional groups attached to an aromatic ring is 1. The average Bonchev–Trinajstić information content (AvgIpc) is 3.01. The lowest BCUT2D eigenvalue weighted by atomic mass is 9.98. The van der Waals surface area contributed by atoms with Crippen molar-refractivity contribution in [3.05, 3.63) is 4.88 Å². The van der Waals surface area contributed by atoms with Crippen molar-refractivity contribution in [2.24, 2.45) is 17.6 Å². The van der Waals surface area contributed by atoms with Crippen LogP contribution in [0.15, 0.2) is 0 Å². The third-order valence-corrected chi connectivity index (χ3v) is 5.20. The van der Waals surface area contributed by atoms with Gasteiger partial charge >= 0.3 is 0 Å². The van der Waals surface area contributed by atoms with Crippen molar-refractivity contribution < 1.29 is 4.79 Å². The summed E-state index contributed by atoms with van der Waals surface area (Å²) in [7, 11) is 0. The molecule has 2 atom stereocenters. The molecule has 1 aromatic rings. The molecule has 1 aliphatic heterocycles. The first-order valence-electron chi connectivity index (χ1n) is 7.43. The minimum atomic E-state index is -0.132. The van der Waals surface area contributed by atoms with Crippen LogP contribution in [0.3, 0.4) is 0 Å².